The van der Waals surface area contributed by atoms with Gasteiger partial charge in [-0.25, -0.2) is 0 Å². The molecule has 164 valence electrons. The minimum Gasteiger partial charge on any atom is -0.485 e. The Kier molecular flexibility index (Phi) is 6.30. The number of aryl methyl sites for hydroxylation is 2. The van der Waals surface area contributed by atoms with Crippen LogP contribution in [0.5, 0.6) is 5.75 Å². The molecule has 0 fully saturated rings. The molecule has 1 N–H and O–H groups in total. The maximum absolute atomic E-state index is 12.6. The first kappa shape index (κ1) is 21.3. The van der Waals surface area contributed by atoms with Crippen LogP contribution in [-0.2, 0) is 19.7 Å². The van der Waals surface area contributed by atoms with E-state index in [1.807, 2.05) is 36.7 Å². The molecule has 2 aromatic heterocycles. The van der Waals surface area contributed by atoms with E-state index >= 15 is 0 Å². The highest BCUT2D eigenvalue weighted by Gasteiger charge is 2.14. The molecule has 0 bridgehead atoms. The second kappa shape index (κ2) is 9.47. The average molecular weight is 431 g/mol. The van der Waals surface area contributed by atoms with Crippen LogP contribution in [0.2, 0.25) is 0 Å². The van der Waals surface area contributed by atoms with Gasteiger partial charge in [-0.1, -0.05) is 35.5 Å². The van der Waals surface area contributed by atoms with Gasteiger partial charge in [0.1, 0.15) is 5.75 Å². The highest BCUT2D eigenvalue weighted by atomic mass is 16.5. The number of rotatable bonds is 8. The minimum absolute atomic E-state index is 0.153. The molecule has 1 amide bonds. The van der Waals surface area contributed by atoms with E-state index in [0.717, 1.165) is 17.0 Å². The third-order valence-electron chi connectivity index (χ3n) is 5.19. The molecular formula is C24H25N5O3. The fourth-order valence-electron chi connectivity index (χ4n) is 3.42. The molecule has 0 aliphatic heterocycles. The van der Waals surface area contributed by atoms with Crippen molar-refractivity contribution in [1.29, 1.82) is 0 Å². The second-order valence-electron chi connectivity index (χ2n) is 7.52. The Balaban J connectivity index is 1.34. The van der Waals surface area contributed by atoms with Crippen LogP contribution >= 0.6 is 0 Å². The Morgan fingerprint density at radius 1 is 1.06 bits per heavy atom. The number of benzene rings is 2. The highest BCUT2D eigenvalue weighted by Crippen LogP contribution is 2.16. The molecular weight excluding hydrogens is 406 g/mol. The number of carbonyl (C=O) groups is 1. The van der Waals surface area contributed by atoms with Gasteiger partial charge in [0.15, 0.2) is 6.61 Å². The molecule has 8 nitrogen and oxygen atoms in total. The van der Waals surface area contributed by atoms with Crippen LogP contribution < -0.4 is 10.1 Å². The quantitative estimate of drug-likeness (QED) is 0.457. The van der Waals surface area contributed by atoms with Gasteiger partial charge in [-0.2, -0.15) is 10.1 Å². The normalized spacial score (nSPS) is 10.8. The van der Waals surface area contributed by atoms with Crippen molar-refractivity contribution in [2.45, 2.75) is 40.5 Å². The van der Waals surface area contributed by atoms with Gasteiger partial charge in [0.05, 0.1) is 12.2 Å². The molecule has 8 heteroatoms. The minimum atomic E-state index is -0.153. The standard InChI is InChI=1S/C24H25N5O3/c1-16-22(17(2)29(27-16)14-19-7-5-4-6-8-19)13-25-24(30)20-9-11-21(12-10-20)31-15-23-26-18(3)32-28-23/h4-12H,13-15H2,1-3H3,(H,25,30). The summed E-state index contributed by atoms with van der Waals surface area (Å²) in [6, 6.07) is 17.1. The van der Waals surface area contributed by atoms with E-state index in [9.17, 15) is 4.79 Å². The summed E-state index contributed by atoms with van der Waals surface area (Å²) in [7, 11) is 0. The number of nitrogens with one attached hydrogen (secondary N) is 1. The van der Waals surface area contributed by atoms with Gasteiger partial charge in [0.25, 0.3) is 5.91 Å². The molecule has 0 saturated carbocycles. The summed E-state index contributed by atoms with van der Waals surface area (Å²) in [6.07, 6.45) is 0. The Morgan fingerprint density at radius 3 is 2.50 bits per heavy atom. The Labute approximate surface area is 186 Å². The molecule has 2 heterocycles. The maximum atomic E-state index is 12.6. The van der Waals surface area contributed by atoms with Crippen molar-refractivity contribution in [3.63, 3.8) is 0 Å². The van der Waals surface area contributed by atoms with Crippen molar-refractivity contribution in [3.05, 3.63) is 94.4 Å². The molecule has 0 aliphatic carbocycles. The number of hydrogen-bond acceptors (Lipinski definition) is 6. The van der Waals surface area contributed by atoms with Gasteiger partial charge in [-0.05, 0) is 43.7 Å². The van der Waals surface area contributed by atoms with Crippen LogP contribution in [0.1, 0.15) is 44.6 Å². The number of hydrogen-bond donors (Lipinski definition) is 1. The van der Waals surface area contributed by atoms with Gasteiger partial charge in [0.2, 0.25) is 11.7 Å². The number of nitrogens with zero attached hydrogens (tertiary/aromatic N) is 4. The lowest BCUT2D eigenvalue weighted by Gasteiger charge is -2.08. The molecule has 0 saturated heterocycles. The Morgan fingerprint density at radius 2 is 1.81 bits per heavy atom. The smallest absolute Gasteiger partial charge is 0.251 e. The van der Waals surface area contributed by atoms with E-state index in [0.29, 0.717) is 36.1 Å². The van der Waals surface area contributed by atoms with Crippen LogP contribution in [0.4, 0.5) is 0 Å². The first-order valence-corrected chi connectivity index (χ1v) is 10.4. The fourth-order valence-corrected chi connectivity index (χ4v) is 3.42. The van der Waals surface area contributed by atoms with E-state index in [1.54, 1.807) is 31.2 Å². The van der Waals surface area contributed by atoms with Crippen molar-refractivity contribution in [1.82, 2.24) is 25.2 Å². The van der Waals surface area contributed by atoms with Crippen molar-refractivity contribution in [2.75, 3.05) is 0 Å². The van der Waals surface area contributed by atoms with Gasteiger partial charge in [-0.15, -0.1) is 0 Å². The van der Waals surface area contributed by atoms with Crippen molar-refractivity contribution in [3.8, 4) is 5.75 Å². The lowest BCUT2D eigenvalue weighted by Crippen LogP contribution is -2.23. The van der Waals surface area contributed by atoms with Gasteiger partial charge < -0.3 is 14.6 Å². The van der Waals surface area contributed by atoms with Gasteiger partial charge >= 0.3 is 0 Å². The first-order chi connectivity index (χ1) is 15.5. The molecule has 4 rings (SSSR count). The third-order valence-corrected chi connectivity index (χ3v) is 5.19. The van der Waals surface area contributed by atoms with Crippen LogP contribution in [0.15, 0.2) is 59.1 Å². The summed E-state index contributed by atoms with van der Waals surface area (Å²) in [5.74, 6) is 1.44. The van der Waals surface area contributed by atoms with Crippen LogP contribution in [-0.4, -0.2) is 25.8 Å². The number of amides is 1. The van der Waals surface area contributed by atoms with E-state index in [1.165, 1.54) is 5.56 Å². The maximum Gasteiger partial charge on any atom is 0.251 e. The van der Waals surface area contributed by atoms with Crippen LogP contribution in [0.3, 0.4) is 0 Å². The molecule has 0 unspecified atom stereocenters. The predicted octanol–water partition coefficient (Wildman–Crippen LogP) is 3.75. The van der Waals surface area contributed by atoms with E-state index in [2.05, 4.69) is 32.7 Å². The molecule has 2 aromatic carbocycles. The number of aromatic nitrogens is 4. The largest absolute Gasteiger partial charge is 0.485 e. The molecule has 4 aromatic rings. The van der Waals surface area contributed by atoms with Crippen molar-refractivity contribution >= 4 is 5.91 Å². The van der Waals surface area contributed by atoms with E-state index < -0.39 is 0 Å². The van der Waals surface area contributed by atoms with Gasteiger partial charge in [0, 0.05) is 30.3 Å². The lowest BCUT2D eigenvalue weighted by atomic mass is 10.1. The second-order valence-corrected chi connectivity index (χ2v) is 7.52. The highest BCUT2D eigenvalue weighted by molar-refractivity contribution is 5.94. The summed E-state index contributed by atoms with van der Waals surface area (Å²) in [6.45, 7) is 7.04. The monoisotopic (exact) mass is 431 g/mol. The molecule has 0 radical (unpaired) electrons. The van der Waals surface area contributed by atoms with E-state index in [-0.39, 0.29) is 12.5 Å². The van der Waals surface area contributed by atoms with Crippen LogP contribution in [0, 0.1) is 20.8 Å². The predicted molar refractivity (Wildman–Crippen MR) is 118 cm³/mol. The molecule has 0 spiro atoms. The SMILES string of the molecule is Cc1nc(COc2ccc(C(=O)NCc3c(C)nn(Cc4ccccc4)c3C)cc2)no1. The third kappa shape index (κ3) is 5.03. The zero-order chi connectivity index (χ0) is 22.5. The topological polar surface area (TPSA) is 95.1 Å². The fraction of sp³-hybridized carbons (Fsp3) is 0.250. The summed E-state index contributed by atoms with van der Waals surface area (Å²) in [5.41, 5.74) is 4.74. The van der Waals surface area contributed by atoms with E-state index in [4.69, 9.17) is 9.26 Å². The van der Waals surface area contributed by atoms with Crippen molar-refractivity contribution in [2.24, 2.45) is 0 Å². The first-order valence-electron chi connectivity index (χ1n) is 10.4. The van der Waals surface area contributed by atoms with Gasteiger partial charge in [-0.3, -0.25) is 9.48 Å². The zero-order valence-corrected chi connectivity index (χ0v) is 18.3. The number of ether oxygens (including phenoxy) is 1. The number of carbonyl (C=O) groups excluding carboxylic acids is 1. The van der Waals surface area contributed by atoms with Crippen LogP contribution in [0.25, 0.3) is 0 Å². The van der Waals surface area contributed by atoms with Crippen molar-refractivity contribution < 1.29 is 14.1 Å². The average Bonchev–Trinajstić information content (AvgIpc) is 3.34. The lowest BCUT2D eigenvalue weighted by molar-refractivity contribution is 0.0951. The summed E-state index contributed by atoms with van der Waals surface area (Å²) in [4.78, 5) is 16.7. The Hall–Kier alpha value is -3.94. The molecule has 32 heavy (non-hydrogen) atoms. The summed E-state index contributed by atoms with van der Waals surface area (Å²) in [5, 5.41) is 11.4. The molecule has 0 atom stereocenters. The molecule has 0 aliphatic rings. The Bertz CT molecular complexity index is 1200. The summed E-state index contributed by atoms with van der Waals surface area (Å²) >= 11 is 0. The summed E-state index contributed by atoms with van der Waals surface area (Å²) < 4.78 is 12.5. The zero-order valence-electron chi connectivity index (χ0n) is 18.3.